The molecule has 2 nitrogen and oxygen atoms in total. The quantitative estimate of drug-likeness (QED) is 0.800. The fourth-order valence-electron chi connectivity index (χ4n) is 2.11. The van der Waals surface area contributed by atoms with Crippen LogP contribution in [-0.4, -0.2) is 11.1 Å². The number of fused-ring (bicyclic) bond motifs is 1. The molecule has 0 saturated carbocycles. The molecule has 1 aromatic rings. The van der Waals surface area contributed by atoms with Gasteiger partial charge in [-0.05, 0) is 17.5 Å². The largest absolute Gasteiger partial charge is 0.481 e. The van der Waals surface area contributed by atoms with Gasteiger partial charge >= 0.3 is 5.97 Å². The zero-order chi connectivity index (χ0) is 10.9. The Labute approximate surface area is 89.2 Å². The minimum absolute atomic E-state index is 0.192. The first kappa shape index (κ1) is 9.97. The van der Waals surface area contributed by atoms with E-state index in [0.29, 0.717) is 0 Å². The zero-order valence-electron chi connectivity index (χ0n) is 8.73. The SMILES string of the molecule is C[C@]1(CC(=O)O)C=Cc2ccccc2C1. The molecule has 0 bridgehead atoms. The lowest BCUT2D eigenvalue weighted by molar-refractivity contribution is -0.138. The molecule has 2 rings (SSSR count). The summed E-state index contributed by atoms with van der Waals surface area (Å²) in [5, 5.41) is 8.85. The molecule has 1 aliphatic carbocycles. The second kappa shape index (κ2) is 3.54. The van der Waals surface area contributed by atoms with Gasteiger partial charge in [-0.3, -0.25) is 4.79 Å². The molecule has 0 spiro atoms. The Morgan fingerprint density at radius 1 is 1.47 bits per heavy atom. The second-order valence-electron chi connectivity index (χ2n) is 4.43. The molecule has 0 fully saturated rings. The number of rotatable bonds is 2. The van der Waals surface area contributed by atoms with Crippen molar-refractivity contribution in [2.24, 2.45) is 5.41 Å². The number of carboxylic acids is 1. The molecule has 0 heterocycles. The van der Waals surface area contributed by atoms with Crippen LogP contribution in [0.4, 0.5) is 0 Å². The molecular formula is C13H14O2. The molecule has 2 heteroatoms. The van der Waals surface area contributed by atoms with Crippen molar-refractivity contribution in [1.82, 2.24) is 0 Å². The Balaban J connectivity index is 2.28. The van der Waals surface area contributed by atoms with E-state index in [4.69, 9.17) is 5.11 Å². The van der Waals surface area contributed by atoms with E-state index in [-0.39, 0.29) is 11.8 Å². The molecule has 1 aromatic carbocycles. The fourth-order valence-corrected chi connectivity index (χ4v) is 2.11. The predicted octanol–water partition coefficient (Wildman–Crippen LogP) is 2.74. The molecule has 1 atom stereocenters. The summed E-state index contributed by atoms with van der Waals surface area (Å²) in [5.74, 6) is -0.735. The van der Waals surface area contributed by atoms with Crippen LogP contribution < -0.4 is 0 Å². The van der Waals surface area contributed by atoms with Crippen molar-refractivity contribution in [2.75, 3.05) is 0 Å². The van der Waals surface area contributed by atoms with E-state index < -0.39 is 5.97 Å². The van der Waals surface area contributed by atoms with Crippen LogP contribution in [0, 0.1) is 5.41 Å². The summed E-state index contributed by atoms with van der Waals surface area (Å²) in [6.45, 7) is 1.99. The van der Waals surface area contributed by atoms with E-state index in [1.54, 1.807) is 0 Å². The Hall–Kier alpha value is -1.57. The third-order valence-electron chi connectivity index (χ3n) is 2.87. The van der Waals surface area contributed by atoms with Crippen LogP contribution in [0.3, 0.4) is 0 Å². The van der Waals surface area contributed by atoms with Gasteiger partial charge in [-0.2, -0.15) is 0 Å². The summed E-state index contributed by atoms with van der Waals surface area (Å²) in [6, 6.07) is 8.13. The molecular weight excluding hydrogens is 188 g/mol. The first-order valence-electron chi connectivity index (χ1n) is 5.08. The van der Waals surface area contributed by atoms with Crippen molar-refractivity contribution in [1.29, 1.82) is 0 Å². The zero-order valence-corrected chi connectivity index (χ0v) is 8.73. The molecule has 1 N–H and O–H groups in total. The highest BCUT2D eigenvalue weighted by atomic mass is 16.4. The maximum atomic E-state index is 10.8. The Bertz CT molecular complexity index is 420. The molecule has 0 saturated heterocycles. The van der Waals surface area contributed by atoms with Gasteiger partial charge in [0.15, 0.2) is 0 Å². The molecule has 0 radical (unpaired) electrons. The van der Waals surface area contributed by atoms with Crippen molar-refractivity contribution in [2.45, 2.75) is 19.8 Å². The first-order chi connectivity index (χ1) is 7.09. The number of benzene rings is 1. The van der Waals surface area contributed by atoms with Gasteiger partial charge in [0, 0.05) is 5.41 Å². The van der Waals surface area contributed by atoms with Crippen LogP contribution in [0.25, 0.3) is 6.08 Å². The van der Waals surface area contributed by atoms with E-state index in [1.165, 1.54) is 11.1 Å². The van der Waals surface area contributed by atoms with Crippen molar-refractivity contribution in [3.63, 3.8) is 0 Å². The van der Waals surface area contributed by atoms with E-state index in [9.17, 15) is 4.79 Å². The highest BCUT2D eigenvalue weighted by molar-refractivity contribution is 5.69. The van der Waals surface area contributed by atoms with E-state index in [0.717, 1.165) is 6.42 Å². The van der Waals surface area contributed by atoms with Crippen LogP contribution in [0.2, 0.25) is 0 Å². The lowest BCUT2D eigenvalue weighted by Gasteiger charge is -2.28. The Morgan fingerprint density at radius 3 is 2.93 bits per heavy atom. The molecule has 78 valence electrons. The predicted molar refractivity (Wildman–Crippen MR) is 59.5 cm³/mol. The Kier molecular flexibility index (Phi) is 2.35. The summed E-state index contributed by atoms with van der Waals surface area (Å²) in [6.07, 6.45) is 5.05. The second-order valence-corrected chi connectivity index (χ2v) is 4.43. The highest BCUT2D eigenvalue weighted by Crippen LogP contribution is 2.34. The van der Waals surface area contributed by atoms with Crippen LogP contribution in [0.1, 0.15) is 24.5 Å². The topological polar surface area (TPSA) is 37.3 Å². The smallest absolute Gasteiger partial charge is 0.304 e. The minimum atomic E-state index is -0.735. The maximum Gasteiger partial charge on any atom is 0.304 e. The number of aliphatic carboxylic acids is 1. The number of carboxylic acid groups (broad SMARTS) is 1. The third kappa shape index (κ3) is 2.09. The first-order valence-corrected chi connectivity index (χ1v) is 5.08. The Morgan fingerprint density at radius 2 is 2.20 bits per heavy atom. The van der Waals surface area contributed by atoms with Crippen LogP contribution in [0.5, 0.6) is 0 Å². The molecule has 0 amide bonds. The van der Waals surface area contributed by atoms with E-state index >= 15 is 0 Å². The summed E-state index contributed by atoms with van der Waals surface area (Å²) >= 11 is 0. The number of carbonyl (C=O) groups is 1. The summed E-state index contributed by atoms with van der Waals surface area (Å²) in [4.78, 5) is 10.8. The molecule has 0 aromatic heterocycles. The van der Waals surface area contributed by atoms with Gasteiger partial charge in [0.2, 0.25) is 0 Å². The van der Waals surface area contributed by atoms with Crippen LogP contribution in [0.15, 0.2) is 30.3 Å². The van der Waals surface area contributed by atoms with Gasteiger partial charge in [-0.25, -0.2) is 0 Å². The summed E-state index contributed by atoms with van der Waals surface area (Å²) in [5.41, 5.74) is 2.21. The molecule has 15 heavy (non-hydrogen) atoms. The van der Waals surface area contributed by atoms with Gasteiger partial charge in [-0.15, -0.1) is 0 Å². The minimum Gasteiger partial charge on any atom is -0.481 e. The van der Waals surface area contributed by atoms with Gasteiger partial charge in [0.05, 0.1) is 6.42 Å². The lowest BCUT2D eigenvalue weighted by atomic mass is 9.76. The summed E-state index contributed by atoms with van der Waals surface area (Å²) in [7, 11) is 0. The third-order valence-corrected chi connectivity index (χ3v) is 2.87. The van der Waals surface area contributed by atoms with Gasteiger partial charge in [0.25, 0.3) is 0 Å². The van der Waals surface area contributed by atoms with Gasteiger partial charge < -0.3 is 5.11 Å². The molecule has 0 unspecified atom stereocenters. The van der Waals surface area contributed by atoms with Crippen molar-refractivity contribution >= 4 is 12.0 Å². The van der Waals surface area contributed by atoms with Gasteiger partial charge in [-0.1, -0.05) is 43.3 Å². The van der Waals surface area contributed by atoms with Crippen LogP contribution >= 0.6 is 0 Å². The van der Waals surface area contributed by atoms with Gasteiger partial charge in [0.1, 0.15) is 0 Å². The van der Waals surface area contributed by atoms with E-state index in [1.807, 2.05) is 31.2 Å². The number of hydrogen-bond donors (Lipinski definition) is 1. The van der Waals surface area contributed by atoms with Crippen LogP contribution in [-0.2, 0) is 11.2 Å². The maximum absolute atomic E-state index is 10.8. The monoisotopic (exact) mass is 202 g/mol. The molecule has 1 aliphatic rings. The van der Waals surface area contributed by atoms with Crippen molar-refractivity contribution in [3.05, 3.63) is 41.5 Å². The van der Waals surface area contributed by atoms with Crippen molar-refractivity contribution < 1.29 is 9.90 Å². The average Bonchev–Trinajstić information content (AvgIpc) is 2.15. The average molecular weight is 202 g/mol. The number of allylic oxidation sites excluding steroid dienone is 1. The standard InChI is InChI=1S/C13H14O2/c1-13(9-12(14)15)7-6-10-4-2-3-5-11(10)8-13/h2-7H,8-9H2,1H3,(H,14,15)/t13-/m0/s1. The van der Waals surface area contributed by atoms with Crippen molar-refractivity contribution in [3.8, 4) is 0 Å². The number of hydrogen-bond acceptors (Lipinski definition) is 1. The normalized spacial score (nSPS) is 23.5. The van der Waals surface area contributed by atoms with E-state index in [2.05, 4.69) is 12.1 Å². The summed E-state index contributed by atoms with van der Waals surface area (Å²) < 4.78 is 0. The lowest BCUT2D eigenvalue weighted by Crippen LogP contribution is -2.23. The highest BCUT2D eigenvalue weighted by Gasteiger charge is 2.28. The fraction of sp³-hybridized carbons (Fsp3) is 0.308. The molecule has 0 aliphatic heterocycles.